The van der Waals surface area contributed by atoms with E-state index in [2.05, 4.69) is 12.2 Å². The molecule has 0 radical (unpaired) electrons. The molecule has 18 heavy (non-hydrogen) atoms. The second-order valence-electron chi connectivity index (χ2n) is 4.73. The van der Waals surface area contributed by atoms with Gasteiger partial charge in [-0.15, -0.1) is 0 Å². The lowest BCUT2D eigenvalue weighted by Gasteiger charge is -2.34. The van der Waals surface area contributed by atoms with Gasteiger partial charge in [-0.25, -0.2) is 0 Å². The second kappa shape index (κ2) is 6.21. The Hall–Kier alpha value is -1.06. The molecule has 1 fully saturated rings. The number of benzene rings is 1. The molecule has 1 heterocycles. The van der Waals surface area contributed by atoms with E-state index in [1.54, 1.807) is 0 Å². The first-order chi connectivity index (χ1) is 8.68. The molecule has 1 aromatic carbocycles. The molecule has 1 amide bonds. The highest BCUT2D eigenvalue weighted by Gasteiger charge is 2.22. The van der Waals surface area contributed by atoms with Crippen molar-refractivity contribution in [2.24, 2.45) is 0 Å². The Morgan fingerprint density at radius 2 is 2.28 bits per heavy atom. The number of piperazine rings is 1. The summed E-state index contributed by atoms with van der Waals surface area (Å²) >= 11 is 6.09. The van der Waals surface area contributed by atoms with Crippen molar-refractivity contribution in [2.45, 2.75) is 25.8 Å². The van der Waals surface area contributed by atoms with Crippen LogP contribution in [0, 0.1) is 0 Å². The molecule has 1 aliphatic heterocycles. The summed E-state index contributed by atoms with van der Waals surface area (Å²) in [5.74, 6) is 0.226. The minimum atomic E-state index is 0.226. The fraction of sp³-hybridized carbons (Fsp3) is 0.500. The number of carbonyl (C=O) groups excluding carboxylic acids is 1. The highest BCUT2D eigenvalue weighted by atomic mass is 35.5. The van der Waals surface area contributed by atoms with Gasteiger partial charge in [0.25, 0.3) is 0 Å². The van der Waals surface area contributed by atoms with Gasteiger partial charge in [-0.3, -0.25) is 4.79 Å². The van der Waals surface area contributed by atoms with Crippen LogP contribution in [0.2, 0.25) is 5.02 Å². The van der Waals surface area contributed by atoms with Crippen LogP contribution in [0.25, 0.3) is 0 Å². The monoisotopic (exact) mass is 266 g/mol. The fourth-order valence-corrected chi connectivity index (χ4v) is 2.53. The molecule has 1 atom stereocenters. The molecule has 0 saturated carbocycles. The molecule has 1 aromatic rings. The Morgan fingerprint density at radius 1 is 1.50 bits per heavy atom. The number of nitrogens with zero attached hydrogens (tertiary/aromatic N) is 1. The summed E-state index contributed by atoms with van der Waals surface area (Å²) in [6, 6.07) is 8.01. The topological polar surface area (TPSA) is 32.3 Å². The van der Waals surface area contributed by atoms with Crippen molar-refractivity contribution in [1.82, 2.24) is 10.2 Å². The lowest BCUT2D eigenvalue weighted by molar-refractivity contribution is -0.133. The third-order valence-corrected chi connectivity index (χ3v) is 3.76. The first-order valence-corrected chi connectivity index (χ1v) is 6.80. The lowest BCUT2D eigenvalue weighted by atomic mass is 10.1. The van der Waals surface area contributed by atoms with E-state index in [0.717, 1.165) is 36.6 Å². The van der Waals surface area contributed by atoms with Crippen LogP contribution >= 0.6 is 11.6 Å². The van der Waals surface area contributed by atoms with Crippen molar-refractivity contribution >= 4 is 17.5 Å². The maximum absolute atomic E-state index is 12.1. The summed E-state index contributed by atoms with van der Waals surface area (Å²) in [6.07, 6.45) is 1.25. The molecule has 0 aromatic heterocycles. The molecule has 1 N–H and O–H groups in total. The van der Waals surface area contributed by atoms with E-state index in [4.69, 9.17) is 11.6 Å². The van der Waals surface area contributed by atoms with Crippen LogP contribution in [0.5, 0.6) is 0 Å². The van der Waals surface area contributed by atoms with Gasteiger partial charge in [0.1, 0.15) is 0 Å². The van der Waals surface area contributed by atoms with E-state index >= 15 is 0 Å². The van der Waals surface area contributed by atoms with E-state index < -0.39 is 0 Å². The van der Waals surface area contributed by atoms with Gasteiger partial charge >= 0.3 is 0 Å². The van der Waals surface area contributed by atoms with Crippen LogP contribution in [0.15, 0.2) is 24.3 Å². The molecule has 2 rings (SSSR count). The third kappa shape index (κ3) is 3.24. The van der Waals surface area contributed by atoms with Gasteiger partial charge in [-0.1, -0.05) is 29.8 Å². The number of nitrogens with one attached hydrogen (secondary N) is 1. The highest BCUT2D eigenvalue weighted by Crippen LogP contribution is 2.17. The largest absolute Gasteiger partial charge is 0.337 e. The van der Waals surface area contributed by atoms with Crippen LogP contribution in [-0.4, -0.2) is 36.5 Å². The summed E-state index contributed by atoms with van der Waals surface area (Å²) in [6.45, 7) is 4.67. The van der Waals surface area contributed by atoms with Crippen LogP contribution < -0.4 is 5.32 Å². The molecule has 1 aliphatic rings. The maximum atomic E-state index is 12.1. The smallest absolute Gasteiger partial charge is 0.223 e. The molecule has 0 aliphatic carbocycles. The first-order valence-electron chi connectivity index (χ1n) is 6.42. The van der Waals surface area contributed by atoms with Gasteiger partial charge in [0.05, 0.1) is 0 Å². The standard InChI is InChI=1S/C14H19ClN2O/c1-11-10-16-8-9-17(11)14(18)7-6-12-4-2-3-5-13(12)15/h2-5,11,16H,6-10H2,1H3/t11-/m1/s1. The van der Waals surface area contributed by atoms with Crippen molar-refractivity contribution < 1.29 is 4.79 Å². The number of halogens is 1. The molecule has 0 spiro atoms. The van der Waals surface area contributed by atoms with Gasteiger partial charge in [-0.2, -0.15) is 0 Å². The van der Waals surface area contributed by atoms with Crippen molar-refractivity contribution in [3.63, 3.8) is 0 Å². The zero-order valence-electron chi connectivity index (χ0n) is 10.7. The number of amides is 1. The first kappa shape index (κ1) is 13.4. The Labute approximate surface area is 113 Å². The van der Waals surface area contributed by atoms with Crippen LogP contribution in [0.1, 0.15) is 18.9 Å². The second-order valence-corrected chi connectivity index (χ2v) is 5.14. The Morgan fingerprint density at radius 3 is 3.00 bits per heavy atom. The van der Waals surface area contributed by atoms with Gasteiger partial charge in [0.15, 0.2) is 0 Å². The molecule has 1 saturated heterocycles. The van der Waals surface area contributed by atoms with Gasteiger partial charge in [0, 0.05) is 37.1 Å². The Bertz CT molecular complexity index is 422. The summed E-state index contributed by atoms with van der Waals surface area (Å²) in [5, 5.41) is 4.04. The summed E-state index contributed by atoms with van der Waals surface area (Å²) in [5.41, 5.74) is 1.05. The molecule has 0 unspecified atom stereocenters. The molecule has 98 valence electrons. The highest BCUT2D eigenvalue weighted by molar-refractivity contribution is 6.31. The number of hydrogen-bond donors (Lipinski definition) is 1. The van der Waals surface area contributed by atoms with Crippen molar-refractivity contribution in [2.75, 3.05) is 19.6 Å². The maximum Gasteiger partial charge on any atom is 0.223 e. The van der Waals surface area contributed by atoms with Crippen molar-refractivity contribution in [3.05, 3.63) is 34.9 Å². The molecular formula is C14H19ClN2O. The normalized spacial score (nSPS) is 19.9. The lowest BCUT2D eigenvalue weighted by Crippen LogP contribution is -2.52. The summed E-state index contributed by atoms with van der Waals surface area (Å²) in [4.78, 5) is 14.1. The van der Waals surface area contributed by atoms with E-state index in [1.165, 1.54) is 0 Å². The zero-order valence-corrected chi connectivity index (χ0v) is 11.4. The van der Waals surface area contributed by atoms with E-state index in [0.29, 0.717) is 6.42 Å². The quantitative estimate of drug-likeness (QED) is 0.909. The Balaban J connectivity index is 1.90. The van der Waals surface area contributed by atoms with E-state index in [9.17, 15) is 4.79 Å². The minimum Gasteiger partial charge on any atom is -0.337 e. The molecule has 3 nitrogen and oxygen atoms in total. The van der Waals surface area contributed by atoms with Gasteiger partial charge < -0.3 is 10.2 Å². The fourth-order valence-electron chi connectivity index (χ4n) is 2.30. The number of aryl methyl sites for hydroxylation is 1. The Kier molecular flexibility index (Phi) is 4.61. The minimum absolute atomic E-state index is 0.226. The zero-order chi connectivity index (χ0) is 13.0. The average molecular weight is 267 g/mol. The van der Waals surface area contributed by atoms with Gasteiger partial charge in [-0.05, 0) is 25.0 Å². The van der Waals surface area contributed by atoms with Crippen LogP contribution in [-0.2, 0) is 11.2 Å². The third-order valence-electron chi connectivity index (χ3n) is 3.39. The van der Waals surface area contributed by atoms with Crippen molar-refractivity contribution in [1.29, 1.82) is 0 Å². The van der Waals surface area contributed by atoms with E-state index in [1.807, 2.05) is 29.2 Å². The molecular weight excluding hydrogens is 248 g/mol. The predicted octanol–water partition coefficient (Wildman–Crippen LogP) is 2.09. The number of carbonyl (C=O) groups is 1. The summed E-state index contributed by atoms with van der Waals surface area (Å²) < 4.78 is 0. The van der Waals surface area contributed by atoms with Crippen LogP contribution in [0.4, 0.5) is 0 Å². The number of hydrogen-bond acceptors (Lipinski definition) is 2. The average Bonchev–Trinajstić information content (AvgIpc) is 2.38. The van der Waals surface area contributed by atoms with Crippen LogP contribution in [0.3, 0.4) is 0 Å². The molecule has 4 heteroatoms. The summed E-state index contributed by atoms with van der Waals surface area (Å²) in [7, 11) is 0. The van der Waals surface area contributed by atoms with Gasteiger partial charge in [0.2, 0.25) is 5.91 Å². The number of rotatable bonds is 3. The molecule has 0 bridgehead atoms. The SMILES string of the molecule is C[C@@H]1CNCCN1C(=O)CCc1ccccc1Cl. The van der Waals surface area contributed by atoms with E-state index in [-0.39, 0.29) is 11.9 Å². The predicted molar refractivity (Wildman–Crippen MR) is 73.8 cm³/mol. The van der Waals surface area contributed by atoms with Crippen molar-refractivity contribution in [3.8, 4) is 0 Å².